The number of amides is 1. The second-order valence-electron chi connectivity index (χ2n) is 6.95. The largest absolute Gasteiger partial charge is 0.450 e. The van der Waals surface area contributed by atoms with E-state index in [2.05, 4.69) is 0 Å². The fourth-order valence-electron chi connectivity index (χ4n) is 3.76. The molecule has 1 aliphatic heterocycles. The maximum Gasteiger partial charge on any atom is 0.290 e. The van der Waals surface area contributed by atoms with Crippen LogP contribution in [-0.2, 0) is 0 Å². The van der Waals surface area contributed by atoms with Gasteiger partial charge < -0.3 is 9.32 Å². The molecule has 7 heteroatoms. The van der Waals surface area contributed by atoms with E-state index in [0.717, 1.165) is 11.1 Å². The fourth-order valence-corrected chi connectivity index (χ4v) is 3.76. The Kier molecular flexibility index (Phi) is 4.03. The van der Waals surface area contributed by atoms with Crippen LogP contribution in [0.1, 0.15) is 45.8 Å². The molecular formula is C21H18N2O5. The number of carbonyl (C=O) groups excluding carboxylic acids is 1. The number of fused-ring (bicyclic) bond motifs is 2. The van der Waals surface area contributed by atoms with Gasteiger partial charge in [-0.2, -0.15) is 0 Å². The number of nitro groups is 1. The normalized spacial score (nSPS) is 15.9. The van der Waals surface area contributed by atoms with Crippen LogP contribution in [0.3, 0.4) is 0 Å². The first kappa shape index (κ1) is 17.9. The average molecular weight is 378 g/mol. The predicted octanol–water partition coefficient (Wildman–Crippen LogP) is 3.88. The highest BCUT2D eigenvalue weighted by molar-refractivity contribution is 5.99. The molecule has 0 saturated heterocycles. The molecule has 3 aromatic rings. The summed E-state index contributed by atoms with van der Waals surface area (Å²) in [7, 11) is 0. The molecule has 142 valence electrons. The van der Waals surface area contributed by atoms with E-state index in [4.69, 9.17) is 4.42 Å². The maximum absolute atomic E-state index is 13.3. The van der Waals surface area contributed by atoms with Crippen LogP contribution in [0.4, 0.5) is 5.69 Å². The highest BCUT2D eigenvalue weighted by atomic mass is 16.6. The molecule has 4 rings (SSSR count). The molecule has 1 aliphatic rings. The standard InChI is InChI=1S/C21H18N2O5/c1-4-22-18(13-6-5-7-14(10-13)23(26)27)17-19(24)15-8-11(2)12(3)9-16(15)28-20(17)21(22)25/h5-10,18H,4H2,1-3H3. The third kappa shape index (κ3) is 2.51. The van der Waals surface area contributed by atoms with Gasteiger partial charge in [-0.1, -0.05) is 12.1 Å². The van der Waals surface area contributed by atoms with Crippen LogP contribution < -0.4 is 5.43 Å². The zero-order valence-electron chi connectivity index (χ0n) is 15.7. The molecule has 28 heavy (non-hydrogen) atoms. The second kappa shape index (κ2) is 6.30. The number of carbonyl (C=O) groups is 1. The molecule has 1 amide bonds. The van der Waals surface area contributed by atoms with E-state index in [1.165, 1.54) is 17.0 Å². The minimum Gasteiger partial charge on any atom is -0.450 e. The highest BCUT2D eigenvalue weighted by Crippen LogP contribution is 2.38. The molecule has 1 atom stereocenters. The summed E-state index contributed by atoms with van der Waals surface area (Å²) in [6, 6.07) is 8.84. The minimum atomic E-state index is -0.713. The first-order valence-electron chi connectivity index (χ1n) is 8.96. The number of nitro benzene ring substituents is 1. The maximum atomic E-state index is 13.3. The van der Waals surface area contributed by atoms with E-state index in [1.807, 2.05) is 13.8 Å². The van der Waals surface area contributed by atoms with Crippen LogP contribution in [0.25, 0.3) is 11.0 Å². The van der Waals surface area contributed by atoms with Crippen LogP contribution >= 0.6 is 0 Å². The Morgan fingerprint density at radius 1 is 1.14 bits per heavy atom. The smallest absolute Gasteiger partial charge is 0.290 e. The first-order valence-corrected chi connectivity index (χ1v) is 8.96. The van der Waals surface area contributed by atoms with Gasteiger partial charge in [-0.05, 0) is 49.6 Å². The fraction of sp³-hybridized carbons (Fsp3) is 0.238. The van der Waals surface area contributed by atoms with E-state index < -0.39 is 11.0 Å². The lowest BCUT2D eigenvalue weighted by Crippen LogP contribution is -2.29. The van der Waals surface area contributed by atoms with Crippen molar-refractivity contribution in [2.24, 2.45) is 0 Å². The molecule has 2 aromatic carbocycles. The molecule has 0 radical (unpaired) electrons. The van der Waals surface area contributed by atoms with E-state index in [0.29, 0.717) is 23.1 Å². The van der Waals surface area contributed by atoms with Crippen molar-refractivity contribution >= 4 is 22.6 Å². The number of hydrogen-bond donors (Lipinski definition) is 0. The first-order chi connectivity index (χ1) is 13.3. The van der Waals surface area contributed by atoms with E-state index >= 15 is 0 Å². The number of aryl methyl sites for hydroxylation is 2. The molecule has 0 bridgehead atoms. The lowest BCUT2D eigenvalue weighted by atomic mass is 9.97. The molecule has 0 N–H and O–H groups in total. The van der Waals surface area contributed by atoms with Gasteiger partial charge in [0.25, 0.3) is 11.6 Å². The van der Waals surface area contributed by atoms with Crippen molar-refractivity contribution in [3.05, 3.63) is 84.7 Å². The van der Waals surface area contributed by atoms with Gasteiger partial charge in [0.05, 0.1) is 21.9 Å². The van der Waals surface area contributed by atoms with Crippen molar-refractivity contribution < 1.29 is 14.1 Å². The van der Waals surface area contributed by atoms with Crippen LogP contribution in [0.5, 0.6) is 0 Å². The Balaban J connectivity index is 2.03. The summed E-state index contributed by atoms with van der Waals surface area (Å²) < 4.78 is 5.87. The van der Waals surface area contributed by atoms with Gasteiger partial charge in [-0.25, -0.2) is 0 Å². The summed E-state index contributed by atoms with van der Waals surface area (Å²) in [6.45, 7) is 5.95. The number of benzene rings is 2. The molecule has 0 aliphatic carbocycles. The van der Waals surface area contributed by atoms with E-state index in [9.17, 15) is 19.7 Å². The lowest BCUT2D eigenvalue weighted by Gasteiger charge is -2.23. The SMILES string of the molecule is CCN1C(=O)c2oc3cc(C)c(C)cc3c(=O)c2C1c1cccc([N+](=O)[O-])c1. The van der Waals surface area contributed by atoms with Gasteiger partial charge in [0.1, 0.15) is 5.58 Å². The van der Waals surface area contributed by atoms with Gasteiger partial charge >= 0.3 is 0 Å². The molecule has 1 aromatic heterocycles. The van der Waals surface area contributed by atoms with Crippen LogP contribution in [0, 0.1) is 24.0 Å². The number of nitrogens with zero attached hydrogens (tertiary/aromatic N) is 2. The zero-order chi connectivity index (χ0) is 20.2. The van der Waals surface area contributed by atoms with Crippen molar-refractivity contribution in [1.29, 1.82) is 0 Å². The minimum absolute atomic E-state index is 0.0131. The number of rotatable bonds is 3. The van der Waals surface area contributed by atoms with Gasteiger partial charge in [-0.15, -0.1) is 0 Å². The third-order valence-corrected chi connectivity index (χ3v) is 5.32. The highest BCUT2D eigenvalue weighted by Gasteiger charge is 2.42. The van der Waals surface area contributed by atoms with Gasteiger partial charge in [0.2, 0.25) is 5.76 Å². The Hall–Kier alpha value is -3.48. The molecule has 1 unspecified atom stereocenters. The van der Waals surface area contributed by atoms with Crippen molar-refractivity contribution in [2.75, 3.05) is 6.54 Å². The Labute approximate surface area is 160 Å². The van der Waals surface area contributed by atoms with Crippen molar-refractivity contribution in [1.82, 2.24) is 4.90 Å². The second-order valence-corrected chi connectivity index (χ2v) is 6.95. The topological polar surface area (TPSA) is 93.7 Å². The summed E-state index contributed by atoms with van der Waals surface area (Å²) in [5.74, 6) is -0.370. The van der Waals surface area contributed by atoms with Crippen molar-refractivity contribution in [3.8, 4) is 0 Å². The van der Waals surface area contributed by atoms with Gasteiger partial charge in [-0.3, -0.25) is 19.7 Å². The van der Waals surface area contributed by atoms with Crippen LogP contribution in [0.15, 0.2) is 45.6 Å². The molecule has 2 heterocycles. The quantitative estimate of drug-likeness (QED) is 0.509. The summed E-state index contributed by atoms with van der Waals surface area (Å²) in [5.41, 5.74) is 2.66. The van der Waals surface area contributed by atoms with E-state index in [1.54, 1.807) is 31.2 Å². The molecular weight excluding hydrogens is 360 g/mol. The summed E-state index contributed by atoms with van der Waals surface area (Å²) in [5, 5.41) is 11.6. The Bertz CT molecular complexity index is 1210. The summed E-state index contributed by atoms with van der Waals surface area (Å²) in [4.78, 5) is 38.5. The van der Waals surface area contributed by atoms with Crippen molar-refractivity contribution in [2.45, 2.75) is 26.8 Å². The molecule has 7 nitrogen and oxygen atoms in total. The lowest BCUT2D eigenvalue weighted by molar-refractivity contribution is -0.384. The van der Waals surface area contributed by atoms with Crippen molar-refractivity contribution in [3.63, 3.8) is 0 Å². The Morgan fingerprint density at radius 2 is 1.86 bits per heavy atom. The Morgan fingerprint density at radius 3 is 2.54 bits per heavy atom. The van der Waals surface area contributed by atoms with Crippen LogP contribution in [0.2, 0.25) is 0 Å². The predicted molar refractivity (Wildman–Crippen MR) is 104 cm³/mol. The molecule has 0 fully saturated rings. The van der Waals surface area contributed by atoms with Gasteiger partial charge in [0, 0.05) is 18.7 Å². The summed E-state index contributed by atoms with van der Waals surface area (Å²) >= 11 is 0. The number of hydrogen-bond acceptors (Lipinski definition) is 5. The third-order valence-electron chi connectivity index (χ3n) is 5.32. The van der Waals surface area contributed by atoms with Gasteiger partial charge in [0.15, 0.2) is 5.43 Å². The zero-order valence-corrected chi connectivity index (χ0v) is 15.7. The average Bonchev–Trinajstić information content (AvgIpc) is 2.96. The van der Waals surface area contributed by atoms with Crippen LogP contribution in [-0.4, -0.2) is 22.3 Å². The number of non-ortho nitro benzene ring substituents is 1. The monoisotopic (exact) mass is 378 g/mol. The molecule has 0 saturated carbocycles. The molecule has 0 spiro atoms. The summed E-state index contributed by atoms with van der Waals surface area (Å²) in [6.07, 6.45) is 0. The van der Waals surface area contributed by atoms with E-state index in [-0.39, 0.29) is 28.3 Å².